The van der Waals surface area contributed by atoms with Crippen LogP contribution in [0.4, 0.5) is 23.5 Å². The highest BCUT2D eigenvalue weighted by Crippen LogP contribution is 2.47. The molecule has 2 N–H and O–H groups in total. The predicted molar refractivity (Wildman–Crippen MR) is 125 cm³/mol. The lowest BCUT2D eigenvalue weighted by Gasteiger charge is -2.34. The van der Waals surface area contributed by atoms with Crippen LogP contribution in [-0.4, -0.2) is 86.3 Å². The molecular formula is C23H24F4N8O2. The molecule has 0 spiro atoms. The quantitative estimate of drug-likeness (QED) is 0.387. The van der Waals surface area contributed by atoms with Crippen molar-refractivity contribution in [1.29, 1.82) is 0 Å². The van der Waals surface area contributed by atoms with Crippen LogP contribution in [0.25, 0.3) is 27.7 Å². The standard InChI is InChI=1S/C23H24F4N8O2/c1-11(20(24)25)35-17-5-12(3-4-16(17)30-32-35)18-14(6-34-19(18)21(36-2)29-22(28)31-34)15-7-33(10-23(15,26)27)13-8-37-9-13/h3-6,11,13,15,20H,7-10H2,1-2H3,(H2,28,31)/t11-,15+/m1/s1. The Morgan fingerprint density at radius 1 is 1.24 bits per heavy atom. The van der Waals surface area contributed by atoms with Gasteiger partial charge in [0, 0.05) is 18.3 Å². The number of hydrogen-bond donors (Lipinski definition) is 1. The van der Waals surface area contributed by atoms with E-state index in [0.29, 0.717) is 46.5 Å². The maximum atomic E-state index is 15.5. The number of benzene rings is 1. The van der Waals surface area contributed by atoms with Crippen LogP contribution in [0.15, 0.2) is 24.4 Å². The molecule has 2 aliphatic rings. The molecule has 0 radical (unpaired) electrons. The Balaban J connectivity index is 1.57. The van der Waals surface area contributed by atoms with Crippen molar-refractivity contribution in [2.75, 3.05) is 39.1 Å². The first kappa shape index (κ1) is 23.9. The first-order valence-electron chi connectivity index (χ1n) is 11.7. The summed E-state index contributed by atoms with van der Waals surface area (Å²) in [5, 5.41) is 12.1. The number of alkyl halides is 4. The third kappa shape index (κ3) is 3.77. The van der Waals surface area contributed by atoms with E-state index in [4.69, 9.17) is 15.2 Å². The highest BCUT2D eigenvalue weighted by molar-refractivity contribution is 5.92. The Morgan fingerprint density at radius 3 is 2.70 bits per heavy atom. The van der Waals surface area contributed by atoms with E-state index in [1.807, 2.05) is 0 Å². The zero-order chi connectivity index (χ0) is 26.1. The molecule has 4 aromatic rings. The van der Waals surface area contributed by atoms with Gasteiger partial charge in [-0.15, -0.1) is 10.2 Å². The van der Waals surface area contributed by atoms with Gasteiger partial charge in [0.2, 0.25) is 11.8 Å². The number of methoxy groups -OCH3 is 1. The fraction of sp³-hybridized carbons (Fsp3) is 0.478. The third-order valence-electron chi connectivity index (χ3n) is 7.20. The van der Waals surface area contributed by atoms with Gasteiger partial charge < -0.3 is 15.2 Å². The van der Waals surface area contributed by atoms with E-state index in [1.165, 1.54) is 24.7 Å². The number of ether oxygens (including phenoxy) is 2. The van der Waals surface area contributed by atoms with Crippen LogP contribution in [0, 0.1) is 0 Å². The maximum Gasteiger partial charge on any atom is 0.268 e. The predicted octanol–water partition coefficient (Wildman–Crippen LogP) is 2.99. The Kier molecular flexibility index (Phi) is 5.49. The number of nitrogens with zero attached hydrogens (tertiary/aromatic N) is 7. The van der Waals surface area contributed by atoms with E-state index in [2.05, 4.69) is 20.4 Å². The molecule has 3 aromatic heterocycles. The molecule has 0 aliphatic carbocycles. The lowest BCUT2D eigenvalue weighted by Crippen LogP contribution is -2.48. The fourth-order valence-electron chi connectivity index (χ4n) is 5.15. The van der Waals surface area contributed by atoms with E-state index >= 15 is 8.78 Å². The van der Waals surface area contributed by atoms with E-state index in [9.17, 15) is 8.78 Å². The Bertz CT molecular complexity index is 1480. The van der Waals surface area contributed by atoms with E-state index in [0.717, 1.165) is 4.68 Å². The van der Waals surface area contributed by atoms with Gasteiger partial charge in [-0.2, -0.15) is 4.98 Å². The highest BCUT2D eigenvalue weighted by Gasteiger charge is 2.52. The largest absolute Gasteiger partial charge is 0.479 e. The summed E-state index contributed by atoms with van der Waals surface area (Å²) in [5.41, 5.74) is 8.16. The van der Waals surface area contributed by atoms with Crippen molar-refractivity contribution in [2.45, 2.75) is 37.3 Å². The number of halogens is 4. The van der Waals surface area contributed by atoms with Gasteiger partial charge in [-0.05, 0) is 30.2 Å². The number of nitrogen functional groups attached to an aromatic ring is 1. The second-order valence-electron chi connectivity index (χ2n) is 9.48. The van der Waals surface area contributed by atoms with Crippen molar-refractivity contribution in [3.05, 3.63) is 30.0 Å². The number of likely N-dealkylation sites (tertiary alicyclic amines) is 1. The van der Waals surface area contributed by atoms with Crippen LogP contribution in [0.3, 0.4) is 0 Å². The molecule has 0 bridgehead atoms. The maximum absolute atomic E-state index is 15.5. The van der Waals surface area contributed by atoms with Crippen LogP contribution < -0.4 is 10.5 Å². The van der Waals surface area contributed by atoms with Crippen LogP contribution in [0.1, 0.15) is 24.4 Å². The summed E-state index contributed by atoms with van der Waals surface area (Å²) in [7, 11) is 1.40. The Morgan fingerprint density at radius 2 is 2.03 bits per heavy atom. The second-order valence-corrected chi connectivity index (χ2v) is 9.48. The third-order valence-corrected chi connectivity index (χ3v) is 7.20. The molecule has 2 atom stereocenters. The minimum Gasteiger partial charge on any atom is -0.479 e. The molecule has 10 nitrogen and oxygen atoms in total. The highest BCUT2D eigenvalue weighted by atomic mass is 19.3. The van der Waals surface area contributed by atoms with E-state index in [-0.39, 0.29) is 24.4 Å². The summed E-state index contributed by atoms with van der Waals surface area (Å²) >= 11 is 0. The van der Waals surface area contributed by atoms with Crippen molar-refractivity contribution in [1.82, 2.24) is 34.5 Å². The van der Waals surface area contributed by atoms with Crippen molar-refractivity contribution < 1.29 is 27.0 Å². The number of rotatable bonds is 6. The molecule has 196 valence electrons. The molecule has 6 rings (SSSR count). The molecule has 1 aromatic carbocycles. The van der Waals surface area contributed by atoms with Crippen LogP contribution in [0.2, 0.25) is 0 Å². The molecular weight excluding hydrogens is 496 g/mol. The first-order valence-corrected chi connectivity index (χ1v) is 11.7. The average molecular weight is 520 g/mol. The Labute approximate surface area is 207 Å². The topological polar surface area (TPSA) is 109 Å². The molecule has 2 aliphatic heterocycles. The average Bonchev–Trinajstić information content (AvgIpc) is 3.48. The van der Waals surface area contributed by atoms with Crippen LogP contribution in [-0.2, 0) is 4.74 Å². The van der Waals surface area contributed by atoms with Crippen molar-refractivity contribution >= 4 is 22.5 Å². The molecule has 5 heterocycles. The van der Waals surface area contributed by atoms with Gasteiger partial charge in [0.1, 0.15) is 17.1 Å². The summed E-state index contributed by atoms with van der Waals surface area (Å²) in [6, 6.07) is 3.63. The Hall–Kier alpha value is -3.52. The second kappa shape index (κ2) is 8.52. The van der Waals surface area contributed by atoms with Crippen molar-refractivity contribution in [2.24, 2.45) is 0 Å². The number of hydrogen-bond acceptors (Lipinski definition) is 8. The van der Waals surface area contributed by atoms with Crippen LogP contribution >= 0.6 is 0 Å². The molecule has 0 unspecified atom stereocenters. The summed E-state index contributed by atoms with van der Waals surface area (Å²) in [5.74, 6) is -4.20. The summed E-state index contributed by atoms with van der Waals surface area (Å²) < 4.78 is 71.2. The number of aromatic nitrogens is 6. The lowest BCUT2D eigenvalue weighted by atomic mass is 9.90. The monoisotopic (exact) mass is 520 g/mol. The zero-order valence-corrected chi connectivity index (χ0v) is 20.0. The molecule has 14 heteroatoms. The van der Waals surface area contributed by atoms with Crippen molar-refractivity contribution in [3.63, 3.8) is 0 Å². The normalized spacial score (nSPS) is 21.2. The van der Waals surface area contributed by atoms with Gasteiger partial charge in [-0.25, -0.2) is 26.8 Å². The molecule has 0 saturated carbocycles. The van der Waals surface area contributed by atoms with Gasteiger partial charge in [0.05, 0.1) is 44.3 Å². The molecule has 37 heavy (non-hydrogen) atoms. The number of anilines is 1. The minimum absolute atomic E-state index is 0.0612. The number of fused-ring (bicyclic) bond motifs is 2. The van der Waals surface area contributed by atoms with Crippen molar-refractivity contribution in [3.8, 4) is 17.0 Å². The van der Waals surface area contributed by atoms with E-state index < -0.39 is 30.9 Å². The summed E-state index contributed by atoms with van der Waals surface area (Å²) in [4.78, 5) is 5.89. The molecule has 0 amide bonds. The lowest BCUT2D eigenvalue weighted by molar-refractivity contribution is -0.0714. The van der Waals surface area contributed by atoms with Gasteiger partial charge in [0.15, 0.2) is 0 Å². The summed E-state index contributed by atoms with van der Waals surface area (Å²) in [6.45, 7) is 1.88. The smallest absolute Gasteiger partial charge is 0.268 e. The molecule has 2 fully saturated rings. The van der Waals surface area contributed by atoms with Gasteiger partial charge >= 0.3 is 0 Å². The summed E-state index contributed by atoms with van der Waals surface area (Å²) in [6.07, 6.45) is -1.15. The fourth-order valence-corrected chi connectivity index (χ4v) is 5.15. The zero-order valence-electron chi connectivity index (χ0n) is 20.0. The van der Waals surface area contributed by atoms with Gasteiger partial charge in [-0.3, -0.25) is 4.90 Å². The molecule has 2 saturated heterocycles. The SMILES string of the molecule is COc1nc(N)nn2cc([C@@H]3CN(C4COC4)CC3(F)F)c(-c3ccc4nnn([C@H](C)C(F)F)c4c3)c12. The van der Waals surface area contributed by atoms with Gasteiger partial charge in [-0.1, -0.05) is 11.3 Å². The van der Waals surface area contributed by atoms with E-state index in [1.54, 1.807) is 23.1 Å². The number of nitrogens with two attached hydrogens (primary N) is 1. The minimum atomic E-state index is -3.04. The van der Waals surface area contributed by atoms with Crippen LogP contribution in [0.5, 0.6) is 5.88 Å². The van der Waals surface area contributed by atoms with Gasteiger partial charge in [0.25, 0.3) is 12.3 Å². The first-order chi connectivity index (χ1) is 17.7.